The van der Waals surface area contributed by atoms with Crippen LogP contribution in [-0.4, -0.2) is 25.9 Å². The predicted octanol–water partition coefficient (Wildman–Crippen LogP) is 0.285. The Morgan fingerprint density at radius 2 is 1.69 bits per heavy atom. The molecule has 0 saturated heterocycles. The molecule has 2 N–H and O–H groups in total. The molecule has 0 atom stereocenters. The van der Waals surface area contributed by atoms with E-state index in [2.05, 4.69) is 17.6 Å². The standard InChI is InChI=1S/C9H18N2O2/c1-2-3-4-9(5-10-7-12)6-11-8-13/h7-9H,2-6H2,1H3,(H,10,12)(H,11,13). The van der Waals surface area contributed by atoms with Crippen molar-refractivity contribution >= 4 is 12.8 Å². The van der Waals surface area contributed by atoms with Gasteiger partial charge in [0.1, 0.15) is 0 Å². The fraction of sp³-hybridized carbons (Fsp3) is 0.778. The van der Waals surface area contributed by atoms with Gasteiger partial charge in [-0.05, 0) is 12.3 Å². The molecule has 4 heteroatoms. The summed E-state index contributed by atoms with van der Waals surface area (Å²) in [5.74, 6) is 0.357. The topological polar surface area (TPSA) is 58.2 Å². The Morgan fingerprint density at radius 1 is 1.15 bits per heavy atom. The van der Waals surface area contributed by atoms with Crippen LogP contribution in [0.2, 0.25) is 0 Å². The Labute approximate surface area is 79.1 Å². The van der Waals surface area contributed by atoms with E-state index in [1.807, 2.05) is 0 Å². The third-order valence-corrected chi connectivity index (χ3v) is 1.95. The molecule has 0 aromatic rings. The maximum atomic E-state index is 10.1. The molecule has 0 radical (unpaired) electrons. The summed E-state index contributed by atoms with van der Waals surface area (Å²) in [6.45, 7) is 3.41. The van der Waals surface area contributed by atoms with Gasteiger partial charge in [-0.2, -0.15) is 0 Å². The van der Waals surface area contributed by atoms with E-state index in [9.17, 15) is 9.59 Å². The first-order chi connectivity index (χ1) is 6.35. The molecule has 13 heavy (non-hydrogen) atoms. The lowest BCUT2D eigenvalue weighted by Gasteiger charge is -2.14. The Morgan fingerprint density at radius 3 is 2.08 bits per heavy atom. The Bertz CT molecular complexity index is 128. The van der Waals surface area contributed by atoms with E-state index in [0.717, 1.165) is 19.3 Å². The van der Waals surface area contributed by atoms with Crippen LogP contribution in [0.3, 0.4) is 0 Å². The van der Waals surface area contributed by atoms with Gasteiger partial charge in [-0.25, -0.2) is 0 Å². The van der Waals surface area contributed by atoms with Crippen LogP contribution in [0.5, 0.6) is 0 Å². The highest BCUT2D eigenvalue weighted by molar-refractivity contribution is 5.46. The van der Waals surface area contributed by atoms with Crippen molar-refractivity contribution in [2.45, 2.75) is 26.2 Å². The molecule has 0 saturated carbocycles. The number of hydrogen-bond acceptors (Lipinski definition) is 2. The maximum Gasteiger partial charge on any atom is 0.207 e. The molecule has 76 valence electrons. The molecule has 0 heterocycles. The van der Waals surface area contributed by atoms with Crippen LogP contribution in [0.15, 0.2) is 0 Å². The van der Waals surface area contributed by atoms with Gasteiger partial charge in [0, 0.05) is 13.1 Å². The lowest BCUT2D eigenvalue weighted by atomic mass is 10.0. The number of carbonyl (C=O) groups is 2. The van der Waals surface area contributed by atoms with E-state index in [1.54, 1.807) is 0 Å². The lowest BCUT2D eigenvalue weighted by molar-refractivity contribution is -0.109. The summed E-state index contributed by atoms with van der Waals surface area (Å²) in [6.07, 6.45) is 4.70. The average molecular weight is 186 g/mol. The Balaban J connectivity index is 3.58. The normalized spacial score (nSPS) is 9.69. The maximum absolute atomic E-state index is 10.1. The van der Waals surface area contributed by atoms with Crippen molar-refractivity contribution in [1.29, 1.82) is 0 Å². The number of carbonyl (C=O) groups excluding carboxylic acids is 2. The van der Waals surface area contributed by atoms with Gasteiger partial charge in [-0.3, -0.25) is 9.59 Å². The zero-order valence-electron chi connectivity index (χ0n) is 8.08. The highest BCUT2D eigenvalue weighted by Crippen LogP contribution is 2.05. The highest BCUT2D eigenvalue weighted by Gasteiger charge is 2.06. The summed E-state index contributed by atoms with van der Waals surface area (Å²) in [6, 6.07) is 0. The van der Waals surface area contributed by atoms with Gasteiger partial charge in [-0.15, -0.1) is 0 Å². The fourth-order valence-electron chi connectivity index (χ4n) is 1.20. The van der Waals surface area contributed by atoms with Crippen LogP contribution in [0, 0.1) is 5.92 Å². The zero-order valence-corrected chi connectivity index (χ0v) is 8.08. The number of unbranched alkanes of at least 4 members (excludes halogenated alkanes) is 1. The van der Waals surface area contributed by atoms with Gasteiger partial charge in [0.05, 0.1) is 0 Å². The minimum Gasteiger partial charge on any atom is -0.358 e. The van der Waals surface area contributed by atoms with E-state index < -0.39 is 0 Å². The molecule has 0 aliphatic rings. The molecule has 0 fully saturated rings. The van der Waals surface area contributed by atoms with Crippen molar-refractivity contribution in [3.63, 3.8) is 0 Å². The molecule has 0 aromatic carbocycles. The number of hydrogen-bond donors (Lipinski definition) is 2. The van der Waals surface area contributed by atoms with Gasteiger partial charge in [-0.1, -0.05) is 19.8 Å². The number of amides is 2. The predicted molar refractivity (Wildman–Crippen MR) is 51.1 cm³/mol. The summed E-state index contributed by atoms with van der Waals surface area (Å²) < 4.78 is 0. The first-order valence-corrected chi connectivity index (χ1v) is 4.69. The zero-order chi connectivity index (χ0) is 9.94. The van der Waals surface area contributed by atoms with Crippen LogP contribution in [-0.2, 0) is 9.59 Å². The third kappa shape index (κ3) is 7.31. The largest absolute Gasteiger partial charge is 0.358 e. The average Bonchev–Trinajstić information content (AvgIpc) is 2.17. The summed E-state index contributed by atoms with van der Waals surface area (Å²) in [7, 11) is 0. The van der Waals surface area contributed by atoms with Crippen molar-refractivity contribution in [1.82, 2.24) is 10.6 Å². The van der Waals surface area contributed by atoms with Gasteiger partial charge in [0.2, 0.25) is 12.8 Å². The minimum absolute atomic E-state index is 0.357. The molecule has 0 unspecified atom stereocenters. The van der Waals surface area contributed by atoms with Crippen LogP contribution in [0.4, 0.5) is 0 Å². The first-order valence-electron chi connectivity index (χ1n) is 4.69. The van der Waals surface area contributed by atoms with Gasteiger partial charge in [0.25, 0.3) is 0 Å². The van der Waals surface area contributed by atoms with Crippen LogP contribution in [0.1, 0.15) is 26.2 Å². The number of rotatable bonds is 9. The summed E-state index contributed by atoms with van der Waals surface area (Å²) in [5.41, 5.74) is 0. The third-order valence-electron chi connectivity index (χ3n) is 1.95. The fourth-order valence-corrected chi connectivity index (χ4v) is 1.20. The smallest absolute Gasteiger partial charge is 0.207 e. The second-order valence-electron chi connectivity index (χ2n) is 3.06. The van der Waals surface area contributed by atoms with E-state index >= 15 is 0 Å². The monoisotopic (exact) mass is 186 g/mol. The van der Waals surface area contributed by atoms with E-state index in [4.69, 9.17) is 0 Å². The highest BCUT2D eigenvalue weighted by atomic mass is 16.1. The van der Waals surface area contributed by atoms with E-state index in [-0.39, 0.29) is 0 Å². The van der Waals surface area contributed by atoms with Crippen molar-refractivity contribution in [3.05, 3.63) is 0 Å². The molecule has 0 rings (SSSR count). The first kappa shape index (κ1) is 11.9. The number of nitrogens with one attached hydrogen (secondary N) is 2. The molecule has 0 spiro atoms. The van der Waals surface area contributed by atoms with E-state index in [0.29, 0.717) is 31.8 Å². The second-order valence-corrected chi connectivity index (χ2v) is 3.06. The summed E-state index contributed by atoms with van der Waals surface area (Å²) >= 11 is 0. The molecular weight excluding hydrogens is 168 g/mol. The molecule has 4 nitrogen and oxygen atoms in total. The Kier molecular flexibility index (Phi) is 8.30. The van der Waals surface area contributed by atoms with Crippen LogP contribution in [0.25, 0.3) is 0 Å². The van der Waals surface area contributed by atoms with Crippen molar-refractivity contribution in [2.24, 2.45) is 5.92 Å². The SMILES string of the molecule is CCCCC(CNC=O)CNC=O. The van der Waals surface area contributed by atoms with Crippen LogP contribution < -0.4 is 10.6 Å². The minimum atomic E-state index is 0.357. The summed E-state index contributed by atoms with van der Waals surface area (Å²) in [4.78, 5) is 20.1. The van der Waals surface area contributed by atoms with E-state index in [1.165, 1.54) is 0 Å². The van der Waals surface area contributed by atoms with Crippen molar-refractivity contribution in [3.8, 4) is 0 Å². The molecule has 0 bridgehead atoms. The van der Waals surface area contributed by atoms with Crippen molar-refractivity contribution in [2.75, 3.05) is 13.1 Å². The van der Waals surface area contributed by atoms with Gasteiger partial charge in [0.15, 0.2) is 0 Å². The molecule has 0 aliphatic heterocycles. The van der Waals surface area contributed by atoms with Crippen LogP contribution >= 0.6 is 0 Å². The molecule has 0 aliphatic carbocycles. The van der Waals surface area contributed by atoms with Crippen molar-refractivity contribution < 1.29 is 9.59 Å². The molecular formula is C9H18N2O2. The second kappa shape index (κ2) is 9.03. The van der Waals surface area contributed by atoms with Gasteiger partial charge < -0.3 is 10.6 Å². The lowest BCUT2D eigenvalue weighted by Crippen LogP contribution is -2.30. The van der Waals surface area contributed by atoms with Gasteiger partial charge >= 0.3 is 0 Å². The quantitative estimate of drug-likeness (QED) is 0.508. The molecule has 0 aromatic heterocycles. The molecule has 2 amide bonds. The summed E-state index contributed by atoms with van der Waals surface area (Å²) in [5, 5.41) is 5.26. The Hall–Kier alpha value is -1.06.